The second-order valence-electron chi connectivity index (χ2n) is 5.90. The maximum Gasteiger partial charge on any atom is 0.673 e. The van der Waals surface area contributed by atoms with E-state index in [9.17, 15) is 17.3 Å². The molecule has 6 heteroatoms. The third-order valence-electron chi connectivity index (χ3n) is 3.36. The predicted octanol–water partition coefficient (Wildman–Crippen LogP) is 7.22. The van der Waals surface area contributed by atoms with Gasteiger partial charge >= 0.3 is 7.25 Å². The van der Waals surface area contributed by atoms with Crippen LogP contribution in [0.3, 0.4) is 0 Å². The third-order valence-corrected chi connectivity index (χ3v) is 5.36. The van der Waals surface area contributed by atoms with Crippen LogP contribution >= 0.6 is 0 Å². The summed E-state index contributed by atoms with van der Waals surface area (Å²) in [7, 11) is -5.60. The summed E-state index contributed by atoms with van der Waals surface area (Å²) >= 11 is 0. The van der Waals surface area contributed by atoms with Crippen LogP contribution in [0.2, 0.25) is 0 Å². The molecular weight excluding hydrogens is 335 g/mol. The van der Waals surface area contributed by atoms with Crippen molar-refractivity contribution < 1.29 is 17.3 Å². The molecule has 0 aromatic carbocycles. The molecule has 0 unspecified atom stereocenters. The Morgan fingerprint density at radius 1 is 0.667 bits per heavy atom. The fourth-order valence-corrected chi connectivity index (χ4v) is 3.98. The minimum atomic E-state index is -6.00. The number of hydrogen-bond acceptors (Lipinski definition) is 0. The lowest BCUT2D eigenvalue weighted by Crippen LogP contribution is -2.09. The second-order valence-corrected chi connectivity index (χ2v) is 7.91. The molecule has 0 N–H and O–H groups in total. The maximum absolute atomic E-state index is 9.75. The molecule has 0 spiro atoms. The zero-order valence-corrected chi connectivity index (χ0v) is 16.5. The molecule has 0 saturated heterocycles. The van der Waals surface area contributed by atoms with E-state index in [1.165, 1.54) is 75.7 Å². The molecule has 0 aliphatic carbocycles. The topological polar surface area (TPSA) is 0 Å². The molecule has 0 atom stereocenters. The minimum Gasteiger partial charge on any atom is -0.418 e. The van der Waals surface area contributed by atoms with Crippen LogP contribution in [0.5, 0.6) is 0 Å². The average Bonchev–Trinajstić information content (AvgIpc) is 2.50. The molecule has 0 aliphatic rings. The van der Waals surface area contributed by atoms with Gasteiger partial charge < -0.3 is 17.3 Å². The molecule has 0 aliphatic heterocycles. The van der Waals surface area contributed by atoms with Crippen molar-refractivity contribution in [2.24, 2.45) is 0 Å². The first-order valence-electron chi connectivity index (χ1n) is 9.38. The van der Waals surface area contributed by atoms with Gasteiger partial charge in [-0.3, -0.25) is 0 Å². The van der Waals surface area contributed by atoms with Gasteiger partial charge in [-0.2, -0.15) is 0 Å². The van der Waals surface area contributed by atoms with Crippen molar-refractivity contribution >= 4 is 18.1 Å². The van der Waals surface area contributed by atoms with Crippen LogP contribution in [-0.2, 0) is 10.9 Å². The van der Waals surface area contributed by atoms with E-state index < -0.39 is 7.25 Å². The van der Waals surface area contributed by atoms with Gasteiger partial charge in [0.1, 0.15) is 11.5 Å². The largest absolute Gasteiger partial charge is 0.673 e. The van der Waals surface area contributed by atoms with Crippen molar-refractivity contribution in [3.63, 3.8) is 0 Å². The van der Waals surface area contributed by atoms with Gasteiger partial charge in [0.05, 0.1) is 10.9 Å². The van der Waals surface area contributed by atoms with E-state index in [0.29, 0.717) is 10.9 Å². The zero-order chi connectivity index (χ0) is 18.7. The highest BCUT2D eigenvalue weighted by atomic mass is 32.2. The van der Waals surface area contributed by atoms with Gasteiger partial charge in [-0.15, -0.1) is 0 Å². The summed E-state index contributed by atoms with van der Waals surface area (Å²) < 4.78 is 39.0. The van der Waals surface area contributed by atoms with Crippen molar-refractivity contribution in [2.75, 3.05) is 11.5 Å². The van der Waals surface area contributed by atoms with Crippen LogP contribution in [0.4, 0.5) is 17.3 Å². The summed E-state index contributed by atoms with van der Waals surface area (Å²) in [5, 5.41) is 3.57. The maximum atomic E-state index is 9.75. The van der Waals surface area contributed by atoms with Crippen LogP contribution < -0.4 is 0 Å². The van der Waals surface area contributed by atoms with Gasteiger partial charge in [0.25, 0.3) is 0 Å². The van der Waals surface area contributed by atoms with Gasteiger partial charge in [0.2, 0.25) is 0 Å². The highest BCUT2D eigenvalue weighted by molar-refractivity contribution is 8.01. The van der Waals surface area contributed by atoms with Gasteiger partial charge in [0, 0.05) is 6.42 Å². The molecule has 0 aromatic heterocycles. The fraction of sp³-hybridized carbons (Fsp3) is 0.889. The van der Waals surface area contributed by atoms with Crippen molar-refractivity contribution in [1.29, 1.82) is 0 Å². The Kier molecular flexibility index (Phi) is 20.6. The van der Waals surface area contributed by atoms with E-state index >= 15 is 0 Å². The first-order valence-corrected chi connectivity index (χ1v) is 10.9. The molecule has 24 heavy (non-hydrogen) atoms. The highest BCUT2D eigenvalue weighted by Gasteiger charge is 2.20. The van der Waals surface area contributed by atoms with E-state index in [1.54, 1.807) is 0 Å². The molecular formula is C18H35BF4S. The normalized spacial score (nSPS) is 10.8. The van der Waals surface area contributed by atoms with E-state index in [0.717, 1.165) is 6.42 Å². The quantitative estimate of drug-likeness (QED) is 0.112. The lowest BCUT2D eigenvalue weighted by Gasteiger charge is -1.99. The fourth-order valence-electron chi connectivity index (χ4n) is 1.99. The number of unbranched alkanes of at least 4 members (excludes halogenated alkanes) is 8. The van der Waals surface area contributed by atoms with Gasteiger partial charge in [-0.1, -0.05) is 65.7 Å². The van der Waals surface area contributed by atoms with Crippen molar-refractivity contribution in [1.82, 2.24) is 0 Å². The molecule has 0 amide bonds. The smallest absolute Gasteiger partial charge is 0.418 e. The Bertz CT molecular complexity index is 296. The van der Waals surface area contributed by atoms with Crippen molar-refractivity contribution in [2.45, 2.75) is 91.4 Å². The molecule has 0 fully saturated rings. The number of halogens is 4. The molecule has 0 bridgehead atoms. The molecule has 0 radical (unpaired) electrons. The van der Waals surface area contributed by atoms with E-state index in [4.69, 9.17) is 0 Å². The van der Waals surface area contributed by atoms with Gasteiger partial charge in [-0.25, -0.2) is 0 Å². The summed E-state index contributed by atoms with van der Waals surface area (Å²) in [5.74, 6) is 6.15. The van der Waals surface area contributed by atoms with E-state index in [2.05, 4.69) is 31.9 Å². The SMILES string of the molecule is CCCCCCCCC#C[S+](CCCC)CCCC.F[B-](F)(F)F. The lowest BCUT2D eigenvalue weighted by molar-refractivity contribution is 0.368. The predicted molar refractivity (Wildman–Crippen MR) is 103 cm³/mol. The molecule has 0 nitrogen and oxygen atoms in total. The number of hydrogen-bond donors (Lipinski definition) is 0. The molecule has 144 valence electrons. The Balaban J connectivity index is 0. The van der Waals surface area contributed by atoms with E-state index in [-0.39, 0.29) is 0 Å². The van der Waals surface area contributed by atoms with E-state index in [1.807, 2.05) is 0 Å². The first-order chi connectivity index (χ1) is 11.3. The monoisotopic (exact) mass is 370 g/mol. The summed E-state index contributed by atoms with van der Waals surface area (Å²) in [6.45, 7) is 6.84. The van der Waals surface area contributed by atoms with Crippen LogP contribution in [-0.4, -0.2) is 18.8 Å². The van der Waals surface area contributed by atoms with Gasteiger partial charge in [-0.05, 0) is 25.2 Å². The Morgan fingerprint density at radius 2 is 1.08 bits per heavy atom. The van der Waals surface area contributed by atoms with Crippen LogP contribution in [0.1, 0.15) is 91.4 Å². The van der Waals surface area contributed by atoms with Crippen LogP contribution in [0.25, 0.3) is 0 Å². The highest BCUT2D eigenvalue weighted by Crippen LogP contribution is 2.08. The Labute approximate surface area is 150 Å². The zero-order valence-electron chi connectivity index (χ0n) is 15.7. The minimum absolute atomic E-state index is 0.404. The molecule has 0 rings (SSSR count). The summed E-state index contributed by atoms with van der Waals surface area (Å²) in [5.41, 5.74) is 0. The van der Waals surface area contributed by atoms with Crippen LogP contribution in [0, 0.1) is 11.2 Å². The lowest BCUT2D eigenvalue weighted by atomic mass is 10.1. The molecule has 0 heterocycles. The van der Waals surface area contributed by atoms with Crippen molar-refractivity contribution in [3.05, 3.63) is 0 Å². The Morgan fingerprint density at radius 3 is 1.54 bits per heavy atom. The summed E-state index contributed by atoms with van der Waals surface area (Å²) in [6, 6.07) is 0. The molecule has 0 aromatic rings. The Hall–Kier alpha value is -0.305. The van der Waals surface area contributed by atoms with Gasteiger partial charge in [0.15, 0.2) is 5.25 Å². The average molecular weight is 370 g/mol. The summed E-state index contributed by atoms with van der Waals surface area (Å²) in [4.78, 5) is 0. The third kappa shape index (κ3) is 29.7. The first kappa shape index (κ1) is 25.9. The van der Waals surface area contributed by atoms with Crippen molar-refractivity contribution in [3.8, 4) is 11.2 Å². The standard InChI is InChI=1S/C18H35S.BF4/c1-4-7-10-11-12-13-14-15-18-19(16-8-5-2)17-9-6-3;2-1(3,4)5/h4-14,16-17H2,1-3H3;/q+1;-1. The number of rotatable bonds is 12. The second kappa shape index (κ2) is 19.0. The molecule has 0 saturated carbocycles. The summed E-state index contributed by atoms with van der Waals surface area (Å²) in [6.07, 6.45) is 14.8. The van der Waals surface area contributed by atoms with Crippen LogP contribution in [0.15, 0.2) is 0 Å².